The van der Waals surface area contributed by atoms with E-state index >= 15 is 0 Å². The van der Waals surface area contributed by atoms with Crippen molar-refractivity contribution in [2.75, 3.05) is 0 Å². The molecule has 98 valence electrons. The molecule has 0 bridgehead atoms. The second-order valence-electron chi connectivity index (χ2n) is 5.56. The van der Waals surface area contributed by atoms with E-state index in [0.29, 0.717) is 12.3 Å². The molecule has 1 aromatic rings. The highest BCUT2D eigenvalue weighted by atomic mass is 16.3. The quantitative estimate of drug-likeness (QED) is 0.604. The van der Waals surface area contributed by atoms with E-state index in [0.717, 1.165) is 11.3 Å². The zero-order chi connectivity index (χ0) is 13.6. The Morgan fingerprint density at radius 1 is 1.39 bits per heavy atom. The van der Waals surface area contributed by atoms with Gasteiger partial charge in [0.1, 0.15) is 5.84 Å². The minimum absolute atomic E-state index is 0.306. The van der Waals surface area contributed by atoms with Gasteiger partial charge in [-0.1, -0.05) is 18.2 Å². The van der Waals surface area contributed by atoms with Crippen molar-refractivity contribution >= 4 is 11.5 Å². The summed E-state index contributed by atoms with van der Waals surface area (Å²) in [6.45, 7) is 3.41. The first-order valence-corrected chi connectivity index (χ1v) is 5.94. The summed E-state index contributed by atoms with van der Waals surface area (Å²) in [6, 6.07) is 6.89. The lowest BCUT2D eigenvalue weighted by Crippen LogP contribution is -2.62. The van der Waals surface area contributed by atoms with Crippen LogP contribution in [0.3, 0.4) is 0 Å². The van der Waals surface area contributed by atoms with Gasteiger partial charge in [0.15, 0.2) is 0 Å². The summed E-state index contributed by atoms with van der Waals surface area (Å²) in [4.78, 5) is 4.26. The molecule has 0 saturated heterocycles. The van der Waals surface area contributed by atoms with Crippen LogP contribution in [0.1, 0.15) is 25.8 Å². The van der Waals surface area contributed by atoms with E-state index in [-0.39, 0.29) is 0 Å². The third kappa shape index (κ3) is 2.12. The van der Waals surface area contributed by atoms with Crippen LogP contribution in [0.25, 0.3) is 0 Å². The molecular weight excluding hydrogens is 228 g/mol. The van der Waals surface area contributed by atoms with Crippen molar-refractivity contribution in [2.24, 2.45) is 22.2 Å². The highest BCUT2D eigenvalue weighted by molar-refractivity contribution is 5.92. The number of aliphatic imine (C=N–C) groups is 1. The van der Waals surface area contributed by atoms with Crippen LogP contribution in [0.4, 0.5) is 5.69 Å². The Kier molecular flexibility index (Phi) is 2.93. The molecule has 1 heterocycles. The Morgan fingerprint density at radius 2 is 2.00 bits per heavy atom. The fourth-order valence-corrected chi connectivity index (χ4v) is 2.53. The average molecular weight is 248 g/mol. The Morgan fingerprint density at radius 3 is 2.61 bits per heavy atom. The predicted octanol–water partition coefficient (Wildman–Crippen LogP) is 0.331. The molecule has 5 nitrogen and oxygen atoms in total. The first-order chi connectivity index (χ1) is 8.24. The molecule has 0 aromatic heterocycles. The summed E-state index contributed by atoms with van der Waals surface area (Å²) in [5, 5.41) is 10.0. The van der Waals surface area contributed by atoms with E-state index < -0.39 is 17.2 Å². The highest BCUT2D eigenvalue weighted by Gasteiger charge is 2.44. The number of fused-ring (bicyclic) bond motifs is 1. The summed E-state index contributed by atoms with van der Waals surface area (Å²) in [5.41, 5.74) is 18.1. The number of para-hydroxylation sites is 1. The Balaban J connectivity index is 2.55. The van der Waals surface area contributed by atoms with Gasteiger partial charge < -0.3 is 22.3 Å². The number of rotatable bonds is 2. The molecule has 5 heteroatoms. The minimum Gasteiger partial charge on any atom is -0.390 e. The lowest BCUT2D eigenvalue weighted by molar-refractivity contribution is 0.0423. The van der Waals surface area contributed by atoms with Gasteiger partial charge in [0.05, 0.1) is 22.9 Å². The van der Waals surface area contributed by atoms with E-state index in [2.05, 4.69) is 4.99 Å². The molecule has 2 atom stereocenters. The van der Waals surface area contributed by atoms with Crippen LogP contribution in [0, 0.1) is 0 Å². The molecule has 2 rings (SSSR count). The largest absolute Gasteiger partial charge is 0.390 e. The topological polar surface area (TPSA) is 111 Å². The Hall–Kier alpha value is -1.43. The van der Waals surface area contributed by atoms with E-state index in [1.807, 2.05) is 24.3 Å². The SMILES string of the molecule is CC(C)(O)CC1(N)c2ccccc2N=C(N)C1N. The van der Waals surface area contributed by atoms with Gasteiger partial charge in [-0.15, -0.1) is 0 Å². The molecule has 18 heavy (non-hydrogen) atoms. The normalized spacial score (nSPS) is 27.6. The summed E-state index contributed by atoms with van der Waals surface area (Å²) >= 11 is 0. The second-order valence-corrected chi connectivity index (χ2v) is 5.56. The number of benzene rings is 1. The molecule has 7 N–H and O–H groups in total. The molecule has 0 spiro atoms. The number of amidine groups is 1. The van der Waals surface area contributed by atoms with E-state index in [9.17, 15) is 5.11 Å². The van der Waals surface area contributed by atoms with E-state index in [1.54, 1.807) is 13.8 Å². The van der Waals surface area contributed by atoms with Crippen LogP contribution in [-0.2, 0) is 5.54 Å². The van der Waals surface area contributed by atoms with Crippen LogP contribution in [-0.4, -0.2) is 22.6 Å². The van der Waals surface area contributed by atoms with Crippen LogP contribution < -0.4 is 17.2 Å². The maximum absolute atomic E-state index is 10.0. The lowest BCUT2D eigenvalue weighted by atomic mass is 9.74. The van der Waals surface area contributed by atoms with Gasteiger partial charge in [0, 0.05) is 0 Å². The maximum Gasteiger partial charge on any atom is 0.119 e. The molecular formula is C13H20N4O. The zero-order valence-corrected chi connectivity index (χ0v) is 10.7. The summed E-state index contributed by atoms with van der Waals surface area (Å²) in [6.07, 6.45) is 0.314. The Bertz CT molecular complexity index is 492. The van der Waals surface area contributed by atoms with Gasteiger partial charge in [0.25, 0.3) is 0 Å². The summed E-state index contributed by atoms with van der Waals surface area (Å²) in [7, 11) is 0. The third-order valence-corrected chi connectivity index (χ3v) is 3.25. The van der Waals surface area contributed by atoms with E-state index in [4.69, 9.17) is 17.2 Å². The first-order valence-electron chi connectivity index (χ1n) is 5.94. The molecule has 1 aliphatic rings. The minimum atomic E-state index is -0.933. The van der Waals surface area contributed by atoms with Gasteiger partial charge in [-0.05, 0) is 31.9 Å². The van der Waals surface area contributed by atoms with Gasteiger partial charge >= 0.3 is 0 Å². The molecule has 2 unspecified atom stereocenters. The van der Waals surface area contributed by atoms with Crippen molar-refractivity contribution in [1.82, 2.24) is 0 Å². The maximum atomic E-state index is 10.0. The molecule has 0 saturated carbocycles. The number of nitrogens with zero attached hydrogens (tertiary/aromatic N) is 1. The summed E-state index contributed by atoms with van der Waals surface area (Å²) in [5.74, 6) is 0.306. The van der Waals surface area contributed by atoms with Gasteiger partial charge in [0.2, 0.25) is 0 Å². The van der Waals surface area contributed by atoms with Crippen molar-refractivity contribution in [3.8, 4) is 0 Å². The van der Waals surface area contributed by atoms with E-state index in [1.165, 1.54) is 0 Å². The third-order valence-electron chi connectivity index (χ3n) is 3.25. The van der Waals surface area contributed by atoms with Gasteiger partial charge in [-0.3, -0.25) is 0 Å². The molecule has 1 aromatic carbocycles. The zero-order valence-electron chi connectivity index (χ0n) is 10.7. The monoisotopic (exact) mass is 248 g/mol. The van der Waals surface area contributed by atoms with Crippen molar-refractivity contribution in [3.05, 3.63) is 29.8 Å². The average Bonchev–Trinajstić information content (AvgIpc) is 2.24. The molecule has 0 radical (unpaired) electrons. The molecule has 0 fully saturated rings. The van der Waals surface area contributed by atoms with Crippen LogP contribution >= 0.6 is 0 Å². The second kappa shape index (κ2) is 4.05. The van der Waals surface area contributed by atoms with Crippen molar-refractivity contribution in [3.63, 3.8) is 0 Å². The standard InChI is InChI=1S/C13H20N4O/c1-12(2,18)7-13(16)8-5-3-4-6-9(8)17-11(15)10(13)14/h3-6,10,18H,7,14,16H2,1-2H3,(H2,15,17). The molecule has 0 amide bonds. The van der Waals surface area contributed by atoms with Gasteiger partial charge in [-0.2, -0.15) is 0 Å². The number of nitrogens with two attached hydrogens (primary N) is 3. The van der Waals surface area contributed by atoms with Gasteiger partial charge in [-0.25, -0.2) is 4.99 Å². The lowest BCUT2D eigenvalue weighted by Gasteiger charge is -2.42. The number of hydrogen-bond donors (Lipinski definition) is 4. The molecule has 1 aliphatic heterocycles. The first kappa shape index (κ1) is 13.0. The Labute approximate surface area is 107 Å². The fraction of sp³-hybridized carbons (Fsp3) is 0.462. The van der Waals surface area contributed by atoms with Crippen LogP contribution in [0.15, 0.2) is 29.3 Å². The van der Waals surface area contributed by atoms with Crippen molar-refractivity contribution in [1.29, 1.82) is 0 Å². The molecule has 0 aliphatic carbocycles. The van der Waals surface area contributed by atoms with Crippen molar-refractivity contribution in [2.45, 2.75) is 37.5 Å². The van der Waals surface area contributed by atoms with Crippen molar-refractivity contribution < 1.29 is 5.11 Å². The highest BCUT2D eigenvalue weighted by Crippen LogP contribution is 2.39. The predicted molar refractivity (Wildman–Crippen MR) is 72.5 cm³/mol. The smallest absolute Gasteiger partial charge is 0.119 e. The number of aliphatic hydroxyl groups is 1. The van der Waals surface area contributed by atoms with Crippen LogP contribution in [0.5, 0.6) is 0 Å². The fourth-order valence-electron chi connectivity index (χ4n) is 2.53. The number of hydrogen-bond acceptors (Lipinski definition) is 5. The summed E-state index contributed by atoms with van der Waals surface area (Å²) < 4.78 is 0. The van der Waals surface area contributed by atoms with Crippen LogP contribution in [0.2, 0.25) is 0 Å².